The zero-order valence-corrected chi connectivity index (χ0v) is 11.8. The Morgan fingerprint density at radius 2 is 2.14 bits per heavy atom. The van der Waals surface area contributed by atoms with E-state index in [1.165, 1.54) is 30.5 Å². The number of nitriles is 1. The Morgan fingerprint density at radius 3 is 2.73 bits per heavy atom. The fraction of sp³-hybridized carbons (Fsp3) is 0.250. The number of aromatic amines is 1. The van der Waals surface area contributed by atoms with Crippen LogP contribution in [0.15, 0.2) is 30.5 Å². The van der Waals surface area contributed by atoms with Gasteiger partial charge in [0, 0.05) is 23.2 Å². The van der Waals surface area contributed by atoms with E-state index in [1.54, 1.807) is 6.92 Å². The highest BCUT2D eigenvalue weighted by atomic mass is 19.1. The summed E-state index contributed by atoms with van der Waals surface area (Å²) in [6.45, 7) is 1.72. The van der Waals surface area contributed by atoms with E-state index in [4.69, 9.17) is 5.26 Å². The number of H-pyrrole nitrogens is 1. The van der Waals surface area contributed by atoms with Crippen molar-refractivity contribution in [3.05, 3.63) is 58.9 Å². The Hall–Kier alpha value is -2.68. The summed E-state index contributed by atoms with van der Waals surface area (Å²) in [6.07, 6.45) is 1.89. The minimum Gasteiger partial charge on any atom is -0.356 e. The van der Waals surface area contributed by atoms with Gasteiger partial charge in [-0.3, -0.25) is 4.79 Å². The molecule has 1 fully saturated rings. The summed E-state index contributed by atoms with van der Waals surface area (Å²) in [5.74, 6) is -1.61. The highest BCUT2D eigenvalue weighted by molar-refractivity contribution is 5.93. The Balaban J connectivity index is 1.77. The summed E-state index contributed by atoms with van der Waals surface area (Å²) < 4.78 is 27.7. The molecule has 22 heavy (non-hydrogen) atoms. The molecule has 3 rings (SSSR count). The molecule has 1 heterocycles. The van der Waals surface area contributed by atoms with Crippen LogP contribution in [0.3, 0.4) is 0 Å². The molecule has 4 nitrogen and oxygen atoms in total. The zero-order valence-electron chi connectivity index (χ0n) is 11.8. The molecule has 0 saturated heterocycles. The number of hydrogen-bond acceptors (Lipinski definition) is 2. The van der Waals surface area contributed by atoms with Crippen LogP contribution in [0.2, 0.25) is 0 Å². The van der Waals surface area contributed by atoms with E-state index in [-0.39, 0.29) is 17.3 Å². The molecular weight excluding hydrogens is 288 g/mol. The third-order valence-corrected chi connectivity index (χ3v) is 4.13. The van der Waals surface area contributed by atoms with Gasteiger partial charge < -0.3 is 10.3 Å². The number of amides is 1. The highest BCUT2D eigenvalue weighted by Crippen LogP contribution is 2.49. The first-order valence-corrected chi connectivity index (χ1v) is 6.79. The summed E-state index contributed by atoms with van der Waals surface area (Å²) >= 11 is 0. The third-order valence-electron chi connectivity index (χ3n) is 4.13. The lowest BCUT2D eigenvalue weighted by Crippen LogP contribution is -2.31. The first-order valence-electron chi connectivity index (χ1n) is 6.79. The largest absolute Gasteiger partial charge is 0.356 e. The molecule has 1 aliphatic carbocycles. The van der Waals surface area contributed by atoms with Crippen LogP contribution in [-0.4, -0.2) is 16.9 Å². The second kappa shape index (κ2) is 4.95. The van der Waals surface area contributed by atoms with E-state index in [2.05, 4.69) is 10.3 Å². The van der Waals surface area contributed by atoms with Crippen LogP contribution in [0.5, 0.6) is 0 Å². The normalized spacial score (nSPS) is 22.9. The average Bonchev–Trinajstić information content (AvgIpc) is 2.91. The predicted octanol–water partition coefficient (Wildman–Crippen LogP) is 2.62. The number of hydrogen-bond donors (Lipinski definition) is 2. The van der Waals surface area contributed by atoms with Gasteiger partial charge >= 0.3 is 0 Å². The Bertz CT molecular complexity index is 773. The molecule has 2 unspecified atom stereocenters. The van der Waals surface area contributed by atoms with Crippen molar-refractivity contribution in [2.75, 3.05) is 0 Å². The molecule has 1 aromatic heterocycles. The Kier molecular flexibility index (Phi) is 3.21. The summed E-state index contributed by atoms with van der Waals surface area (Å²) in [4.78, 5) is 14.8. The SMILES string of the molecule is CC1(c2c(F)cccc2F)CC1NC(=O)c1cc(C#N)c[nH]1. The van der Waals surface area contributed by atoms with Gasteiger partial charge in [0.15, 0.2) is 0 Å². The minimum absolute atomic E-state index is 0.00417. The number of carbonyl (C=O) groups excluding carboxylic acids is 1. The maximum Gasteiger partial charge on any atom is 0.267 e. The molecule has 2 aromatic rings. The molecule has 1 amide bonds. The molecule has 0 aliphatic heterocycles. The topological polar surface area (TPSA) is 68.7 Å². The van der Waals surface area contributed by atoms with E-state index in [1.807, 2.05) is 6.07 Å². The Labute approximate surface area is 125 Å². The van der Waals surface area contributed by atoms with Gasteiger partial charge in [0.2, 0.25) is 0 Å². The van der Waals surface area contributed by atoms with Crippen molar-refractivity contribution in [2.45, 2.75) is 24.8 Å². The maximum absolute atomic E-state index is 13.9. The van der Waals surface area contributed by atoms with Gasteiger partial charge in [0.1, 0.15) is 23.4 Å². The minimum atomic E-state index is -0.754. The average molecular weight is 301 g/mol. The Morgan fingerprint density at radius 1 is 1.45 bits per heavy atom. The van der Waals surface area contributed by atoms with Gasteiger partial charge in [-0.15, -0.1) is 0 Å². The van der Waals surface area contributed by atoms with Crippen LogP contribution in [0.25, 0.3) is 0 Å². The number of nitrogens with zero attached hydrogens (tertiary/aromatic N) is 1. The van der Waals surface area contributed by atoms with Crippen LogP contribution in [0, 0.1) is 23.0 Å². The number of halogens is 2. The van der Waals surface area contributed by atoms with E-state index < -0.39 is 23.0 Å². The fourth-order valence-corrected chi connectivity index (χ4v) is 2.72. The molecule has 0 radical (unpaired) electrons. The zero-order chi connectivity index (χ0) is 15.9. The predicted molar refractivity (Wildman–Crippen MR) is 75.1 cm³/mol. The fourth-order valence-electron chi connectivity index (χ4n) is 2.72. The van der Waals surface area contributed by atoms with Crippen molar-refractivity contribution in [1.29, 1.82) is 5.26 Å². The number of rotatable bonds is 3. The quantitative estimate of drug-likeness (QED) is 0.915. The van der Waals surface area contributed by atoms with Gasteiger partial charge in [-0.25, -0.2) is 8.78 Å². The molecule has 0 bridgehead atoms. The molecule has 1 aliphatic rings. The first-order chi connectivity index (χ1) is 10.5. The second-order valence-electron chi connectivity index (χ2n) is 5.66. The summed E-state index contributed by atoms with van der Waals surface area (Å²) in [5, 5.41) is 11.5. The van der Waals surface area contributed by atoms with Crippen molar-refractivity contribution in [1.82, 2.24) is 10.3 Å². The van der Waals surface area contributed by atoms with Crippen molar-refractivity contribution >= 4 is 5.91 Å². The molecule has 1 aromatic carbocycles. The van der Waals surface area contributed by atoms with E-state index >= 15 is 0 Å². The molecule has 6 heteroatoms. The summed E-state index contributed by atoms with van der Waals surface area (Å²) in [7, 11) is 0. The third kappa shape index (κ3) is 2.25. The van der Waals surface area contributed by atoms with Crippen molar-refractivity contribution < 1.29 is 13.6 Å². The standard InChI is InChI=1S/C16H13F2N3O/c1-16(14-10(17)3-2-4-11(14)18)6-13(16)21-15(22)12-5-9(7-19)8-20-12/h2-5,8,13,20H,6H2,1H3,(H,21,22). The number of nitrogens with one attached hydrogen (secondary N) is 2. The van der Waals surface area contributed by atoms with Crippen molar-refractivity contribution in [2.24, 2.45) is 0 Å². The van der Waals surface area contributed by atoms with Gasteiger partial charge in [-0.2, -0.15) is 5.26 Å². The molecule has 112 valence electrons. The van der Waals surface area contributed by atoms with Gasteiger partial charge in [-0.05, 0) is 24.6 Å². The van der Waals surface area contributed by atoms with E-state index in [9.17, 15) is 13.6 Å². The summed E-state index contributed by atoms with van der Waals surface area (Å²) in [5.41, 5.74) is -0.149. The van der Waals surface area contributed by atoms with E-state index in [0.29, 0.717) is 12.0 Å². The van der Waals surface area contributed by atoms with Crippen molar-refractivity contribution in [3.8, 4) is 6.07 Å². The number of carbonyl (C=O) groups is 1. The monoisotopic (exact) mass is 301 g/mol. The second-order valence-corrected chi connectivity index (χ2v) is 5.66. The van der Waals surface area contributed by atoms with Crippen molar-refractivity contribution in [3.63, 3.8) is 0 Å². The number of aromatic nitrogens is 1. The van der Waals surface area contributed by atoms with Crippen LogP contribution in [0.1, 0.15) is 35.0 Å². The van der Waals surface area contributed by atoms with Gasteiger partial charge in [0.25, 0.3) is 5.91 Å². The lowest BCUT2D eigenvalue weighted by Gasteiger charge is -2.14. The van der Waals surface area contributed by atoms with Crippen LogP contribution in [-0.2, 0) is 5.41 Å². The highest BCUT2D eigenvalue weighted by Gasteiger charge is 2.55. The first kappa shape index (κ1) is 14.3. The molecule has 1 saturated carbocycles. The lowest BCUT2D eigenvalue weighted by molar-refractivity contribution is 0.0943. The molecular formula is C16H13F2N3O. The molecule has 0 spiro atoms. The van der Waals surface area contributed by atoms with Crippen LogP contribution < -0.4 is 5.32 Å². The summed E-state index contributed by atoms with van der Waals surface area (Å²) in [6, 6.07) is 6.74. The number of benzene rings is 1. The smallest absolute Gasteiger partial charge is 0.267 e. The van der Waals surface area contributed by atoms with Crippen LogP contribution >= 0.6 is 0 Å². The lowest BCUT2D eigenvalue weighted by atomic mass is 9.96. The van der Waals surface area contributed by atoms with Gasteiger partial charge in [-0.1, -0.05) is 13.0 Å². The molecule has 2 N–H and O–H groups in total. The van der Waals surface area contributed by atoms with Gasteiger partial charge in [0.05, 0.1) is 5.56 Å². The van der Waals surface area contributed by atoms with E-state index in [0.717, 1.165) is 0 Å². The maximum atomic E-state index is 13.9. The molecule has 2 atom stereocenters. The van der Waals surface area contributed by atoms with Crippen LogP contribution in [0.4, 0.5) is 8.78 Å².